The molecule has 1 aliphatic heterocycles. The van der Waals surface area contributed by atoms with Crippen LogP contribution < -0.4 is 30.2 Å². The van der Waals surface area contributed by atoms with E-state index < -0.39 is 8.32 Å². The van der Waals surface area contributed by atoms with E-state index in [0.29, 0.717) is 52.8 Å². The van der Waals surface area contributed by atoms with E-state index in [-0.39, 0.29) is 17.6 Å². The number of benzene rings is 5. The number of hydrogen-bond donors (Lipinski definition) is 1. The molecule has 12 heteroatoms. The predicted molar refractivity (Wildman–Crippen MR) is 249 cm³/mol. The summed E-state index contributed by atoms with van der Waals surface area (Å²) in [5.74, 6) is 1.62. The van der Waals surface area contributed by atoms with E-state index in [9.17, 15) is 4.79 Å². The fourth-order valence-corrected chi connectivity index (χ4v) is 12.9. The van der Waals surface area contributed by atoms with E-state index >= 15 is 0 Å². The Hall–Kier alpha value is -5.23. The second kappa shape index (κ2) is 19.0. The fourth-order valence-electron chi connectivity index (χ4n) is 7.86. The molecule has 7 rings (SSSR count). The lowest BCUT2D eigenvalue weighted by molar-refractivity contribution is 0.223. The molecule has 0 aliphatic carbocycles. The number of aromatic nitrogens is 2. The van der Waals surface area contributed by atoms with Gasteiger partial charge in [0.05, 0.1) is 22.9 Å². The van der Waals surface area contributed by atoms with Crippen LogP contribution in [-0.2, 0) is 17.4 Å². The van der Waals surface area contributed by atoms with E-state index in [4.69, 9.17) is 37.3 Å². The van der Waals surface area contributed by atoms with E-state index in [2.05, 4.69) is 117 Å². The normalized spacial score (nSPS) is 13.1. The number of anilines is 5. The smallest absolute Gasteiger partial charge is 0.335 e. The Morgan fingerprint density at radius 3 is 2.13 bits per heavy atom. The van der Waals surface area contributed by atoms with E-state index in [0.717, 1.165) is 42.2 Å². The van der Waals surface area contributed by atoms with Gasteiger partial charge in [-0.05, 0) is 95.1 Å². The maximum Gasteiger partial charge on any atom is 0.335 e. The zero-order chi connectivity index (χ0) is 42.3. The third kappa shape index (κ3) is 9.38. The second-order valence-corrected chi connectivity index (χ2v) is 20.9. The van der Waals surface area contributed by atoms with Gasteiger partial charge < -0.3 is 19.4 Å². The quantitative estimate of drug-likeness (QED) is 0.0971. The first kappa shape index (κ1) is 42.9. The van der Waals surface area contributed by atoms with Gasteiger partial charge in [0.2, 0.25) is 5.95 Å². The highest BCUT2D eigenvalue weighted by Crippen LogP contribution is 2.40. The van der Waals surface area contributed by atoms with Crippen LogP contribution in [0.4, 0.5) is 33.6 Å². The van der Waals surface area contributed by atoms with Gasteiger partial charge in [0, 0.05) is 35.6 Å². The lowest BCUT2D eigenvalue weighted by Gasteiger charge is -2.43. The van der Waals surface area contributed by atoms with Crippen LogP contribution >= 0.6 is 23.2 Å². The minimum atomic E-state index is -2.74. The standard InChI is InChI=1S/C48H52Cl2N6O3Si/c1-6-54(7-2)28-30-58-40-24-22-38(23-25-40)52-46-51-33-36-34-55(44-26-21-37(49)32-43(44)50)47(57)56(45(36)53-46)39-16-14-15-35(31-39)27-29-59-60(48(3,4)5,41-17-10-8-11-18-41)42-19-12-9-13-20-42/h8-26,31-33H,6-7,27-30,34H2,1-5H3,(H,51,52,53). The van der Waals surface area contributed by atoms with Crippen LogP contribution in [0.3, 0.4) is 0 Å². The van der Waals surface area contributed by atoms with Crippen LogP contribution in [0.5, 0.6) is 5.75 Å². The molecule has 1 N–H and O–H groups in total. The van der Waals surface area contributed by atoms with Crippen molar-refractivity contribution in [2.24, 2.45) is 0 Å². The number of amides is 2. The predicted octanol–water partition coefficient (Wildman–Crippen LogP) is 10.6. The van der Waals surface area contributed by atoms with Gasteiger partial charge >= 0.3 is 6.03 Å². The molecule has 0 spiro atoms. The first-order chi connectivity index (χ1) is 29.0. The highest BCUT2D eigenvalue weighted by Gasteiger charge is 2.50. The number of fused-ring (bicyclic) bond motifs is 1. The summed E-state index contributed by atoms with van der Waals surface area (Å²) >= 11 is 13.0. The number of urea groups is 1. The Bertz CT molecular complexity index is 2340. The molecule has 0 fully saturated rings. The van der Waals surface area contributed by atoms with Gasteiger partial charge in [-0.3, -0.25) is 4.90 Å². The van der Waals surface area contributed by atoms with Crippen LogP contribution in [0.25, 0.3) is 0 Å². The van der Waals surface area contributed by atoms with Crippen molar-refractivity contribution < 1.29 is 14.0 Å². The van der Waals surface area contributed by atoms with Crippen molar-refractivity contribution in [1.82, 2.24) is 14.9 Å². The summed E-state index contributed by atoms with van der Waals surface area (Å²) in [6.45, 7) is 15.3. The molecule has 6 aromatic rings. The number of ether oxygens (including phenoxy) is 1. The van der Waals surface area contributed by atoms with Crippen molar-refractivity contribution in [2.75, 3.05) is 48.0 Å². The summed E-state index contributed by atoms with van der Waals surface area (Å²) < 4.78 is 13.2. The van der Waals surface area contributed by atoms with E-state index in [1.54, 1.807) is 34.2 Å². The highest BCUT2D eigenvalue weighted by molar-refractivity contribution is 6.99. The minimum absolute atomic E-state index is 0.152. The molecular weight excluding hydrogens is 808 g/mol. The number of nitrogens with zero attached hydrogens (tertiary/aromatic N) is 5. The number of nitrogens with one attached hydrogen (secondary N) is 1. The summed E-state index contributed by atoms with van der Waals surface area (Å²) in [5.41, 5.74) is 3.77. The number of carbonyl (C=O) groups excluding carboxylic acids is 1. The van der Waals surface area contributed by atoms with Crippen molar-refractivity contribution in [1.29, 1.82) is 0 Å². The number of halogens is 2. The van der Waals surface area contributed by atoms with Gasteiger partial charge in [-0.15, -0.1) is 0 Å². The van der Waals surface area contributed by atoms with Crippen molar-refractivity contribution >= 4 is 76.8 Å². The largest absolute Gasteiger partial charge is 0.492 e. The van der Waals surface area contributed by atoms with Crippen LogP contribution in [0, 0.1) is 0 Å². The molecular formula is C48H52Cl2N6O3Si. The van der Waals surface area contributed by atoms with Crippen LogP contribution in [-0.4, -0.2) is 62.1 Å². The molecule has 2 heterocycles. The molecule has 0 radical (unpaired) electrons. The number of rotatable bonds is 16. The van der Waals surface area contributed by atoms with Gasteiger partial charge in [0.25, 0.3) is 8.32 Å². The van der Waals surface area contributed by atoms with Gasteiger partial charge in [0.15, 0.2) is 5.82 Å². The lowest BCUT2D eigenvalue weighted by Crippen LogP contribution is -2.66. The Morgan fingerprint density at radius 2 is 1.50 bits per heavy atom. The van der Waals surface area contributed by atoms with Crippen molar-refractivity contribution in [3.05, 3.63) is 155 Å². The van der Waals surface area contributed by atoms with Gasteiger partial charge in [-0.2, -0.15) is 4.98 Å². The Kier molecular flexibility index (Phi) is 13.6. The third-order valence-electron chi connectivity index (χ3n) is 11.0. The maximum absolute atomic E-state index is 14.7. The molecule has 5 aromatic carbocycles. The summed E-state index contributed by atoms with van der Waals surface area (Å²) in [6, 6.07) is 41.8. The van der Waals surface area contributed by atoms with Gasteiger partial charge in [-0.1, -0.05) is 131 Å². The third-order valence-corrected chi connectivity index (χ3v) is 16.6. The van der Waals surface area contributed by atoms with E-state index in [1.807, 2.05) is 42.5 Å². The number of likely N-dealkylation sites (N-methyl/N-ethyl adjacent to an activating group) is 1. The molecule has 0 saturated heterocycles. The first-order valence-electron chi connectivity index (χ1n) is 20.5. The molecule has 0 bridgehead atoms. The molecule has 0 saturated carbocycles. The summed E-state index contributed by atoms with van der Waals surface area (Å²) in [5, 5.41) is 6.48. The highest BCUT2D eigenvalue weighted by atomic mass is 35.5. The fraction of sp³-hybridized carbons (Fsp3) is 0.271. The molecule has 1 aromatic heterocycles. The van der Waals surface area contributed by atoms with Crippen LogP contribution in [0.1, 0.15) is 45.7 Å². The van der Waals surface area contributed by atoms with E-state index in [1.165, 1.54) is 10.4 Å². The van der Waals surface area contributed by atoms with Crippen molar-refractivity contribution in [2.45, 2.75) is 52.6 Å². The van der Waals surface area contributed by atoms with Crippen molar-refractivity contribution in [3.63, 3.8) is 0 Å². The number of hydrogen-bond acceptors (Lipinski definition) is 7. The monoisotopic (exact) mass is 858 g/mol. The summed E-state index contributed by atoms with van der Waals surface area (Å²) in [7, 11) is -2.74. The Labute approximate surface area is 365 Å². The zero-order valence-corrected chi connectivity index (χ0v) is 37.4. The van der Waals surface area contributed by atoms with Gasteiger partial charge in [-0.25, -0.2) is 14.7 Å². The zero-order valence-electron chi connectivity index (χ0n) is 34.9. The maximum atomic E-state index is 14.7. The molecule has 310 valence electrons. The SMILES string of the molecule is CCN(CC)CCOc1ccc(Nc2ncc3c(n2)N(c2cccc(CCO[Si](c4ccccc4)(c4ccccc4)C(C)(C)C)c2)C(=O)N(c2ccc(Cl)cc2Cl)C3)cc1. The Balaban J connectivity index is 1.17. The van der Waals surface area contributed by atoms with Crippen LogP contribution in [0.2, 0.25) is 15.1 Å². The minimum Gasteiger partial charge on any atom is -0.492 e. The average Bonchev–Trinajstić information content (AvgIpc) is 3.25. The molecule has 0 unspecified atom stereocenters. The summed E-state index contributed by atoms with van der Waals surface area (Å²) in [4.78, 5) is 29.9. The molecule has 2 amide bonds. The molecule has 0 atom stereocenters. The molecule has 60 heavy (non-hydrogen) atoms. The second-order valence-electron chi connectivity index (χ2n) is 15.8. The number of carbonyl (C=O) groups is 1. The lowest BCUT2D eigenvalue weighted by atomic mass is 10.1. The molecule has 9 nitrogen and oxygen atoms in total. The van der Waals surface area contributed by atoms with Crippen LogP contribution in [0.15, 0.2) is 134 Å². The van der Waals surface area contributed by atoms with Crippen molar-refractivity contribution in [3.8, 4) is 5.75 Å². The first-order valence-corrected chi connectivity index (χ1v) is 23.2. The molecule has 1 aliphatic rings. The average molecular weight is 860 g/mol. The van der Waals surface area contributed by atoms with Gasteiger partial charge in [0.1, 0.15) is 12.4 Å². The topological polar surface area (TPSA) is 83.1 Å². The Morgan fingerprint density at radius 1 is 0.817 bits per heavy atom. The summed E-state index contributed by atoms with van der Waals surface area (Å²) in [6.07, 6.45) is 2.39.